The Kier molecular flexibility index (Phi) is 6.21. The maximum Gasteiger partial charge on any atom is 0.229 e. The van der Waals surface area contributed by atoms with Gasteiger partial charge in [-0.2, -0.15) is 0 Å². The van der Waals surface area contributed by atoms with Crippen LogP contribution in [0.25, 0.3) is 0 Å². The van der Waals surface area contributed by atoms with E-state index in [1.165, 1.54) is 16.1 Å². The highest BCUT2D eigenvalue weighted by Crippen LogP contribution is 2.44. The lowest BCUT2D eigenvalue weighted by atomic mass is 10.2. The van der Waals surface area contributed by atoms with Crippen molar-refractivity contribution in [3.63, 3.8) is 0 Å². The maximum absolute atomic E-state index is 5.83. The van der Waals surface area contributed by atoms with E-state index in [4.69, 9.17) is 4.74 Å². The van der Waals surface area contributed by atoms with Gasteiger partial charge in [0.25, 0.3) is 0 Å². The molecule has 1 aliphatic rings. The molecule has 7 heteroatoms. The summed E-state index contributed by atoms with van der Waals surface area (Å²) in [7, 11) is 7.26. The van der Waals surface area contributed by atoms with E-state index in [-0.39, 0.29) is 5.56 Å². The first-order valence-electron chi connectivity index (χ1n) is 7.12. The van der Waals surface area contributed by atoms with Crippen molar-refractivity contribution in [1.82, 2.24) is 0 Å². The number of rotatable bonds is 7. The molecule has 1 heterocycles. The van der Waals surface area contributed by atoms with Crippen LogP contribution in [0.5, 0.6) is 5.75 Å². The second-order valence-corrected chi connectivity index (χ2v) is 9.85. The zero-order valence-electron chi connectivity index (χ0n) is 12.9. The highest BCUT2D eigenvalue weighted by Gasteiger charge is 2.21. The van der Waals surface area contributed by atoms with E-state index in [0.29, 0.717) is 0 Å². The summed E-state index contributed by atoms with van der Waals surface area (Å²) in [6.07, 6.45) is 2.10. The van der Waals surface area contributed by atoms with Crippen LogP contribution in [0.4, 0.5) is 11.4 Å². The van der Waals surface area contributed by atoms with Crippen LogP contribution in [0.15, 0.2) is 47.4 Å². The molecule has 122 valence electrons. The van der Waals surface area contributed by atoms with Gasteiger partial charge in [-0.05, 0) is 56.7 Å². The maximum atomic E-state index is 5.83. The lowest BCUT2D eigenvalue weighted by Gasteiger charge is -2.11. The molecule has 0 amide bonds. The molecule has 0 saturated carbocycles. The largest absolute Gasteiger partial charge is 0.458 e. The van der Waals surface area contributed by atoms with E-state index in [0.717, 1.165) is 17.2 Å². The van der Waals surface area contributed by atoms with Crippen LogP contribution < -0.4 is 15.4 Å². The Bertz CT molecular complexity index is 643. The van der Waals surface area contributed by atoms with Gasteiger partial charge >= 0.3 is 0 Å². The number of para-hydroxylation sites is 2. The van der Waals surface area contributed by atoms with Crippen molar-refractivity contribution >= 4 is 54.6 Å². The van der Waals surface area contributed by atoms with Crippen molar-refractivity contribution in [3.8, 4) is 5.75 Å². The molecule has 2 aromatic rings. The van der Waals surface area contributed by atoms with E-state index < -0.39 is 0 Å². The third-order valence-corrected chi connectivity index (χ3v) is 8.11. The van der Waals surface area contributed by atoms with Gasteiger partial charge in [-0.3, -0.25) is 0 Å². The van der Waals surface area contributed by atoms with E-state index in [2.05, 4.69) is 35.1 Å². The second kappa shape index (κ2) is 8.37. The molecule has 0 saturated heterocycles. The molecule has 23 heavy (non-hydrogen) atoms. The fourth-order valence-electron chi connectivity index (χ4n) is 2.20. The van der Waals surface area contributed by atoms with Crippen LogP contribution >= 0.6 is 43.2 Å². The van der Waals surface area contributed by atoms with Gasteiger partial charge in [0.05, 0.1) is 5.69 Å². The number of benzene rings is 2. The van der Waals surface area contributed by atoms with Crippen molar-refractivity contribution in [2.45, 2.75) is 16.2 Å². The molecular weight excluding hydrogens is 364 g/mol. The van der Waals surface area contributed by atoms with Crippen LogP contribution in [0.3, 0.4) is 0 Å². The smallest absolute Gasteiger partial charge is 0.229 e. The zero-order chi connectivity index (χ0) is 16.1. The minimum Gasteiger partial charge on any atom is -0.458 e. The molecule has 0 radical (unpaired) electrons. The first-order chi connectivity index (χ1) is 11.3. The minimum atomic E-state index is -0.0170. The predicted octanol–water partition coefficient (Wildman–Crippen LogP) is 5.77. The SMILES string of the molecule is CNc1cc(CSSSC2Nc3ccccc3O2)ccc1SC. The summed E-state index contributed by atoms with van der Waals surface area (Å²) >= 11 is 1.76. The molecular formula is C16H18N2OS4. The fraction of sp³-hybridized carbons (Fsp3) is 0.250. The van der Waals surface area contributed by atoms with Crippen molar-refractivity contribution in [2.24, 2.45) is 0 Å². The first-order valence-corrected chi connectivity index (χ1v) is 12.1. The number of thioether (sulfide) groups is 1. The Hall–Kier alpha value is -0.760. The summed E-state index contributed by atoms with van der Waals surface area (Å²) in [5, 5.41) is 6.62. The van der Waals surface area contributed by atoms with E-state index >= 15 is 0 Å². The molecule has 0 aliphatic carbocycles. The van der Waals surface area contributed by atoms with Gasteiger partial charge in [-0.1, -0.05) is 29.0 Å². The Labute approximate surface area is 152 Å². The Morgan fingerprint density at radius 2 is 2.09 bits per heavy atom. The molecule has 2 N–H and O–H groups in total. The number of anilines is 2. The topological polar surface area (TPSA) is 33.3 Å². The lowest BCUT2D eigenvalue weighted by molar-refractivity contribution is 0.342. The van der Waals surface area contributed by atoms with Crippen molar-refractivity contribution < 1.29 is 4.74 Å². The molecule has 1 unspecified atom stereocenters. The van der Waals surface area contributed by atoms with Gasteiger partial charge in [-0.25, -0.2) is 0 Å². The quantitative estimate of drug-likeness (QED) is 0.357. The standard InChI is InChI=1S/C16H18N2OS4/c1-17-13-9-11(7-8-15(13)20-2)10-21-23-22-16-18-12-5-3-4-6-14(12)19-16/h3-9,16-18H,10H2,1-2H3. The average molecular weight is 383 g/mol. The molecule has 3 rings (SSSR count). The summed E-state index contributed by atoms with van der Waals surface area (Å²) in [5.74, 6) is 1.91. The van der Waals surface area contributed by atoms with Crippen LogP contribution in [0, 0.1) is 0 Å². The molecule has 0 aromatic heterocycles. The van der Waals surface area contributed by atoms with Crippen LogP contribution in [-0.2, 0) is 5.75 Å². The predicted molar refractivity (Wildman–Crippen MR) is 109 cm³/mol. The van der Waals surface area contributed by atoms with Gasteiger partial charge in [0, 0.05) is 23.4 Å². The highest BCUT2D eigenvalue weighted by molar-refractivity contribution is 9.09. The normalized spacial score (nSPS) is 15.7. The summed E-state index contributed by atoms with van der Waals surface area (Å²) in [5.41, 5.74) is 3.58. The highest BCUT2D eigenvalue weighted by atomic mass is 33.5. The number of hydrogen-bond acceptors (Lipinski definition) is 7. The molecule has 3 nitrogen and oxygen atoms in total. The van der Waals surface area contributed by atoms with Crippen molar-refractivity contribution in [2.75, 3.05) is 23.9 Å². The number of fused-ring (bicyclic) bond motifs is 1. The van der Waals surface area contributed by atoms with Crippen LogP contribution in [0.2, 0.25) is 0 Å². The van der Waals surface area contributed by atoms with Crippen molar-refractivity contribution in [3.05, 3.63) is 48.0 Å². The van der Waals surface area contributed by atoms with Gasteiger partial charge in [0.1, 0.15) is 5.75 Å². The molecule has 1 atom stereocenters. The molecule has 0 bridgehead atoms. The van der Waals surface area contributed by atoms with Crippen molar-refractivity contribution in [1.29, 1.82) is 0 Å². The van der Waals surface area contributed by atoms with Gasteiger partial charge in [0.15, 0.2) is 0 Å². The van der Waals surface area contributed by atoms with E-state index in [1.807, 2.05) is 42.1 Å². The third kappa shape index (κ3) is 4.41. The monoisotopic (exact) mass is 382 g/mol. The minimum absolute atomic E-state index is 0.0170. The number of ether oxygens (including phenoxy) is 1. The first kappa shape index (κ1) is 17.1. The summed E-state index contributed by atoms with van der Waals surface area (Å²) in [4.78, 5) is 1.28. The zero-order valence-corrected chi connectivity index (χ0v) is 16.1. The average Bonchev–Trinajstić information content (AvgIpc) is 3.01. The summed E-state index contributed by atoms with van der Waals surface area (Å²) in [6, 6.07) is 14.7. The Morgan fingerprint density at radius 3 is 2.87 bits per heavy atom. The second-order valence-electron chi connectivity index (χ2n) is 4.80. The molecule has 1 aliphatic heterocycles. The number of nitrogens with one attached hydrogen (secondary N) is 2. The van der Waals surface area contributed by atoms with E-state index in [9.17, 15) is 0 Å². The third-order valence-electron chi connectivity index (χ3n) is 3.33. The van der Waals surface area contributed by atoms with Crippen LogP contribution in [-0.4, -0.2) is 18.9 Å². The Morgan fingerprint density at radius 1 is 1.22 bits per heavy atom. The fourth-order valence-corrected chi connectivity index (χ4v) is 6.36. The Balaban J connectivity index is 1.44. The molecule has 2 aromatic carbocycles. The number of hydrogen-bond donors (Lipinski definition) is 2. The van der Waals surface area contributed by atoms with Gasteiger partial charge < -0.3 is 15.4 Å². The lowest BCUT2D eigenvalue weighted by Crippen LogP contribution is -2.13. The van der Waals surface area contributed by atoms with Gasteiger partial charge in [-0.15, -0.1) is 11.8 Å². The summed E-state index contributed by atoms with van der Waals surface area (Å²) in [6.45, 7) is 0. The molecule has 0 spiro atoms. The summed E-state index contributed by atoms with van der Waals surface area (Å²) < 4.78 is 5.83. The van der Waals surface area contributed by atoms with Gasteiger partial charge in [0.2, 0.25) is 5.56 Å². The molecule has 0 fully saturated rings. The van der Waals surface area contributed by atoms with Crippen LogP contribution in [0.1, 0.15) is 5.56 Å². The van der Waals surface area contributed by atoms with E-state index in [1.54, 1.807) is 32.4 Å².